The first-order chi connectivity index (χ1) is 4.97. The number of hydrogen-bond donors (Lipinski definition) is 0. The van der Waals surface area contributed by atoms with Gasteiger partial charge in [-0.1, -0.05) is 13.8 Å². The quantitative estimate of drug-likeness (QED) is 0.572. The highest BCUT2D eigenvalue weighted by atomic mass is 32.2. The maximum Gasteiger partial charge on any atom is 0.119 e. The first-order valence-electron chi connectivity index (χ1n) is 3.54. The summed E-state index contributed by atoms with van der Waals surface area (Å²) in [6.45, 7) is 4.00. The molecule has 2 nitrogen and oxygen atoms in total. The molecule has 0 aliphatic carbocycles. The van der Waals surface area contributed by atoms with Gasteiger partial charge in [-0.05, 0) is 0 Å². The Bertz CT molecular complexity index is 177. The predicted molar refractivity (Wildman–Crippen MR) is 44.9 cm³/mol. The minimum Gasteiger partial charge on any atom is -0.324 e. The first-order valence-corrected chi connectivity index (χ1v) is 4.70. The Morgan fingerprint density at radius 2 is 2.40 bits per heavy atom. The Morgan fingerprint density at radius 3 is 3.10 bits per heavy atom. The third-order valence-electron chi connectivity index (χ3n) is 1.26. The van der Waals surface area contributed by atoms with Gasteiger partial charge < -0.3 is 4.57 Å². The Labute approximate surface area is 65.7 Å². The lowest BCUT2D eigenvalue weighted by Crippen LogP contribution is -1.87. The van der Waals surface area contributed by atoms with Crippen molar-refractivity contribution in [2.45, 2.75) is 25.5 Å². The molecule has 1 aliphatic heterocycles. The van der Waals surface area contributed by atoms with Crippen LogP contribution in [0.4, 0.5) is 0 Å². The Kier molecular flexibility index (Phi) is 2.81. The van der Waals surface area contributed by atoms with E-state index < -0.39 is 0 Å². The van der Waals surface area contributed by atoms with Gasteiger partial charge in [-0.3, -0.25) is 0 Å². The molecule has 3 heteroatoms. The van der Waals surface area contributed by atoms with E-state index in [2.05, 4.69) is 9.55 Å². The van der Waals surface area contributed by atoms with E-state index in [-0.39, 0.29) is 0 Å². The monoisotopic (exact) mass is 156 g/mol. The van der Waals surface area contributed by atoms with E-state index in [0.29, 0.717) is 0 Å². The summed E-state index contributed by atoms with van der Waals surface area (Å²) in [7, 11) is 0. The van der Waals surface area contributed by atoms with Crippen LogP contribution in [0.5, 0.6) is 0 Å². The summed E-state index contributed by atoms with van der Waals surface area (Å²) in [6, 6.07) is 0. The molecule has 0 amide bonds. The van der Waals surface area contributed by atoms with Gasteiger partial charge in [-0.2, -0.15) is 0 Å². The molecule has 1 aromatic rings. The summed E-state index contributed by atoms with van der Waals surface area (Å²) in [5, 5.41) is 0. The van der Waals surface area contributed by atoms with Crippen LogP contribution < -0.4 is 0 Å². The topological polar surface area (TPSA) is 17.8 Å². The maximum absolute atomic E-state index is 4.14. The molecule has 10 heavy (non-hydrogen) atoms. The molecule has 0 N–H and O–H groups in total. The number of imidazole rings is 1. The fraction of sp³-hybridized carbons (Fsp3) is 0.571. The summed E-state index contributed by atoms with van der Waals surface area (Å²) in [6.07, 6.45) is 3.88. The van der Waals surface area contributed by atoms with E-state index in [1.165, 1.54) is 5.82 Å². The Morgan fingerprint density at radius 1 is 1.60 bits per heavy atom. The van der Waals surface area contributed by atoms with Crippen molar-refractivity contribution in [3.05, 3.63) is 18.2 Å². The van der Waals surface area contributed by atoms with Crippen LogP contribution in [-0.4, -0.2) is 9.55 Å². The second-order valence-electron chi connectivity index (χ2n) is 1.79. The van der Waals surface area contributed by atoms with Gasteiger partial charge in [-0.25, -0.2) is 4.98 Å². The van der Waals surface area contributed by atoms with E-state index in [1.807, 2.05) is 38.0 Å². The van der Waals surface area contributed by atoms with Crippen molar-refractivity contribution in [2.75, 3.05) is 0 Å². The van der Waals surface area contributed by atoms with E-state index in [9.17, 15) is 0 Å². The molecule has 0 radical (unpaired) electrons. The van der Waals surface area contributed by atoms with Crippen molar-refractivity contribution < 1.29 is 0 Å². The van der Waals surface area contributed by atoms with E-state index in [4.69, 9.17) is 0 Å². The molecule has 2 rings (SSSR count). The maximum atomic E-state index is 4.14. The van der Waals surface area contributed by atoms with Crippen LogP contribution in [-0.2, 0) is 11.6 Å². The number of nitrogens with zero attached hydrogens (tertiary/aromatic N) is 2. The zero-order valence-electron chi connectivity index (χ0n) is 6.37. The fourth-order valence-electron chi connectivity index (χ4n) is 0.833. The van der Waals surface area contributed by atoms with Crippen LogP contribution in [0.3, 0.4) is 0 Å². The van der Waals surface area contributed by atoms with Crippen LogP contribution in [0.25, 0.3) is 0 Å². The molecular formula is C7H12N2S. The Balaban J connectivity index is 0.000000231. The van der Waals surface area contributed by atoms with Crippen LogP contribution in [0, 0.1) is 0 Å². The molecule has 56 valence electrons. The first kappa shape index (κ1) is 7.66. The summed E-state index contributed by atoms with van der Waals surface area (Å²) < 4.78 is 2.17. The molecule has 0 saturated carbocycles. The smallest absolute Gasteiger partial charge is 0.119 e. The lowest BCUT2D eigenvalue weighted by molar-refractivity contribution is 0.866. The van der Waals surface area contributed by atoms with E-state index in [0.717, 1.165) is 11.6 Å². The molecule has 2 heterocycles. The highest BCUT2D eigenvalue weighted by Gasteiger charge is 2.08. The molecular weight excluding hydrogens is 144 g/mol. The standard InChI is InChI=1S/C5H6N2S.C2H6/c1-2-7-4-8-3-5(7)6-1;1-2/h1-2H,3-4H2;1-2H3. The zero-order valence-corrected chi connectivity index (χ0v) is 7.19. The SMILES string of the molecule is CC.c1cn2c(n1)CSC2. The molecule has 0 bridgehead atoms. The average Bonchev–Trinajstić information content (AvgIpc) is 2.49. The van der Waals surface area contributed by atoms with Crippen LogP contribution in [0.2, 0.25) is 0 Å². The van der Waals surface area contributed by atoms with Gasteiger partial charge in [0.15, 0.2) is 0 Å². The Hall–Kier alpha value is -0.440. The average molecular weight is 156 g/mol. The highest BCUT2D eigenvalue weighted by Crippen LogP contribution is 2.20. The molecule has 0 fully saturated rings. The van der Waals surface area contributed by atoms with E-state index in [1.54, 1.807) is 0 Å². The number of thioether (sulfide) groups is 1. The number of fused-ring (bicyclic) bond motifs is 1. The van der Waals surface area contributed by atoms with Gasteiger partial charge in [0, 0.05) is 12.4 Å². The summed E-state index contributed by atoms with van der Waals surface area (Å²) >= 11 is 1.91. The van der Waals surface area contributed by atoms with Gasteiger partial charge in [-0.15, -0.1) is 11.8 Å². The molecule has 1 aliphatic rings. The summed E-state index contributed by atoms with van der Waals surface area (Å²) in [5.74, 6) is 3.40. The van der Waals surface area contributed by atoms with Crippen molar-refractivity contribution in [2.24, 2.45) is 0 Å². The molecule has 0 atom stereocenters. The van der Waals surface area contributed by atoms with Crippen LogP contribution >= 0.6 is 11.8 Å². The second-order valence-corrected chi connectivity index (χ2v) is 2.75. The van der Waals surface area contributed by atoms with Crippen molar-refractivity contribution in [1.82, 2.24) is 9.55 Å². The van der Waals surface area contributed by atoms with Crippen molar-refractivity contribution >= 4 is 11.8 Å². The van der Waals surface area contributed by atoms with Gasteiger partial charge in [0.2, 0.25) is 0 Å². The largest absolute Gasteiger partial charge is 0.324 e. The van der Waals surface area contributed by atoms with Gasteiger partial charge in [0.1, 0.15) is 5.82 Å². The van der Waals surface area contributed by atoms with E-state index >= 15 is 0 Å². The lowest BCUT2D eigenvalue weighted by atomic mass is 10.7. The minimum absolute atomic E-state index is 1.09. The van der Waals surface area contributed by atoms with Crippen molar-refractivity contribution in [3.8, 4) is 0 Å². The highest BCUT2D eigenvalue weighted by molar-refractivity contribution is 7.97. The second kappa shape index (κ2) is 3.66. The van der Waals surface area contributed by atoms with Gasteiger partial charge in [0.05, 0.1) is 11.6 Å². The van der Waals surface area contributed by atoms with Crippen LogP contribution in [0.1, 0.15) is 19.7 Å². The lowest BCUT2D eigenvalue weighted by Gasteiger charge is -1.86. The van der Waals surface area contributed by atoms with Gasteiger partial charge >= 0.3 is 0 Å². The summed E-state index contributed by atoms with van der Waals surface area (Å²) in [4.78, 5) is 4.14. The number of rotatable bonds is 0. The van der Waals surface area contributed by atoms with Gasteiger partial charge in [0.25, 0.3) is 0 Å². The fourth-order valence-corrected chi connectivity index (χ4v) is 1.78. The normalized spacial score (nSPS) is 13.8. The third kappa shape index (κ3) is 1.34. The number of hydrogen-bond acceptors (Lipinski definition) is 2. The minimum atomic E-state index is 1.09. The zero-order chi connectivity index (χ0) is 7.40. The molecule has 0 unspecified atom stereocenters. The molecule has 1 aromatic heterocycles. The predicted octanol–water partition coefficient (Wildman–Crippen LogP) is 2.11. The summed E-state index contributed by atoms with van der Waals surface area (Å²) in [5.41, 5.74) is 0. The molecule has 0 aromatic carbocycles. The molecule has 0 spiro atoms. The third-order valence-corrected chi connectivity index (χ3v) is 2.19. The molecule has 0 saturated heterocycles. The van der Waals surface area contributed by atoms with Crippen molar-refractivity contribution in [1.29, 1.82) is 0 Å². The van der Waals surface area contributed by atoms with Crippen molar-refractivity contribution in [3.63, 3.8) is 0 Å². The number of aromatic nitrogens is 2. The van der Waals surface area contributed by atoms with Crippen LogP contribution in [0.15, 0.2) is 12.4 Å².